The molecule has 0 amide bonds. The summed E-state index contributed by atoms with van der Waals surface area (Å²) < 4.78 is 93.9. The van der Waals surface area contributed by atoms with Crippen LogP contribution in [0.5, 0.6) is 0 Å². The molecule has 0 bridgehead atoms. The van der Waals surface area contributed by atoms with Gasteiger partial charge in [-0.2, -0.15) is 22.0 Å². The summed E-state index contributed by atoms with van der Waals surface area (Å²) in [7, 11) is -6.58. The zero-order valence-corrected chi connectivity index (χ0v) is 10.7. The second kappa shape index (κ2) is 6.09. The molecular weight excluding hydrogens is 327 g/mol. The van der Waals surface area contributed by atoms with E-state index in [0.717, 1.165) is 0 Å². The van der Waals surface area contributed by atoms with Crippen molar-refractivity contribution in [2.45, 2.75) is 17.5 Å². The first-order valence-corrected chi connectivity index (χ1v) is 6.49. The van der Waals surface area contributed by atoms with Crippen molar-refractivity contribution in [3.63, 3.8) is 0 Å². The molecule has 0 radical (unpaired) electrons. The Kier molecular flexibility index (Phi) is 5.09. The quantitative estimate of drug-likeness (QED) is 0.466. The average Bonchev–Trinajstić information content (AvgIpc) is 2.32. The van der Waals surface area contributed by atoms with Gasteiger partial charge in [0, 0.05) is 0 Å². The smallest absolute Gasteiger partial charge is 0.423 e. The summed E-state index contributed by atoms with van der Waals surface area (Å²) in [4.78, 5) is 3.59. The first kappa shape index (κ1) is 17.6. The Morgan fingerprint density at radius 3 is 2.05 bits per heavy atom. The topological polar surface area (TPSA) is 90.5 Å². The van der Waals surface area contributed by atoms with Crippen molar-refractivity contribution in [3.8, 4) is 0 Å². The van der Waals surface area contributed by atoms with E-state index in [9.17, 15) is 34.9 Å². The molecule has 0 spiro atoms. The largest absolute Gasteiger partial charge is 0.743 e. The first-order chi connectivity index (χ1) is 9.46. The van der Waals surface area contributed by atoms with Crippen LogP contribution in [0.3, 0.4) is 0 Å². The van der Waals surface area contributed by atoms with E-state index >= 15 is 0 Å². The summed E-state index contributed by atoms with van der Waals surface area (Å²) in [6, 6.07) is 7.22. The summed E-state index contributed by atoms with van der Waals surface area (Å²) in [6.45, 7) is 0. The normalized spacial score (nSPS) is 14.8. The van der Waals surface area contributed by atoms with Crippen molar-refractivity contribution in [1.29, 1.82) is 0 Å². The van der Waals surface area contributed by atoms with Crippen molar-refractivity contribution in [2.75, 3.05) is 5.43 Å². The lowest BCUT2D eigenvalue weighted by Gasteiger charge is -2.29. The van der Waals surface area contributed by atoms with Crippen LogP contribution >= 0.6 is 0 Å². The minimum Gasteiger partial charge on any atom is -0.743 e. The fraction of sp³-hybridized carbons (Fsp3) is 0.333. The highest BCUT2D eigenvalue weighted by atomic mass is 32.2. The van der Waals surface area contributed by atoms with Crippen molar-refractivity contribution in [1.82, 2.24) is 5.59 Å². The van der Waals surface area contributed by atoms with E-state index in [0.29, 0.717) is 0 Å². The van der Waals surface area contributed by atoms with Crippen LogP contribution in [0.1, 0.15) is 0 Å². The molecule has 1 aromatic carbocycles. The number of halogens is 5. The molecule has 0 aliphatic rings. The maximum atomic E-state index is 13.0. The number of para-hydroxylation sites is 1. The Morgan fingerprint density at radius 1 is 1.10 bits per heavy atom. The molecule has 0 aromatic heterocycles. The first-order valence-electron chi connectivity index (χ1n) is 5.08. The van der Waals surface area contributed by atoms with E-state index in [1.807, 2.05) is 5.43 Å². The van der Waals surface area contributed by atoms with E-state index in [1.165, 1.54) is 29.9 Å². The van der Waals surface area contributed by atoms with E-state index in [4.69, 9.17) is 0 Å². The van der Waals surface area contributed by atoms with Gasteiger partial charge >= 0.3 is 11.4 Å². The summed E-state index contributed by atoms with van der Waals surface area (Å²) in [6.07, 6.45) is -9.98. The lowest BCUT2D eigenvalue weighted by molar-refractivity contribution is -0.279. The van der Waals surface area contributed by atoms with Crippen LogP contribution in [-0.4, -0.2) is 30.5 Å². The highest BCUT2D eigenvalue weighted by Gasteiger charge is 2.61. The van der Waals surface area contributed by atoms with Gasteiger partial charge in [-0.25, -0.2) is 8.42 Å². The number of anilines is 1. The molecule has 1 atom stereocenters. The van der Waals surface area contributed by atoms with Crippen LogP contribution in [0.4, 0.5) is 27.6 Å². The molecule has 0 aliphatic carbocycles. The molecule has 1 aromatic rings. The number of hydrazine groups is 1. The maximum Gasteiger partial charge on any atom is 0.423 e. The Balaban J connectivity index is 2.82. The average molecular weight is 335 g/mol. The third-order valence-corrected chi connectivity index (χ3v) is 2.96. The van der Waals surface area contributed by atoms with Gasteiger partial charge in [0.15, 0.2) is 10.1 Å². The molecule has 0 saturated heterocycles. The zero-order valence-electron chi connectivity index (χ0n) is 9.90. The molecule has 1 rings (SSSR count). The second-order valence-corrected chi connectivity index (χ2v) is 5.10. The predicted molar refractivity (Wildman–Crippen MR) is 58.8 cm³/mol. The van der Waals surface area contributed by atoms with Crippen LogP contribution in [0.25, 0.3) is 0 Å². The Labute approximate surface area is 115 Å². The van der Waals surface area contributed by atoms with Crippen molar-refractivity contribution in [2.24, 2.45) is 0 Å². The number of benzene rings is 1. The summed E-state index contributed by atoms with van der Waals surface area (Å²) >= 11 is 0. The standard InChI is InChI=1S/C9H9F5N2O4S/c10-8(11,12)7(9(13,14)21(17,18)19)20-16-15-6-4-2-1-3-5-6/h1-5,7,15-16H,(H,17,18,19)/p-1. The van der Waals surface area contributed by atoms with E-state index in [-0.39, 0.29) is 5.69 Å². The Morgan fingerprint density at radius 2 is 1.62 bits per heavy atom. The fourth-order valence-corrected chi connectivity index (χ4v) is 1.57. The molecule has 0 fully saturated rings. The van der Waals surface area contributed by atoms with Crippen LogP contribution in [0.15, 0.2) is 30.3 Å². The third-order valence-electron chi connectivity index (χ3n) is 2.08. The van der Waals surface area contributed by atoms with Gasteiger partial charge < -0.3 is 4.55 Å². The molecule has 0 heterocycles. The zero-order chi connectivity index (χ0) is 16.3. The van der Waals surface area contributed by atoms with Gasteiger partial charge in [0.2, 0.25) is 0 Å². The monoisotopic (exact) mass is 335 g/mol. The van der Waals surface area contributed by atoms with Crippen LogP contribution in [0, 0.1) is 0 Å². The SMILES string of the molecule is O=S(=O)([O-])C(F)(F)C(ONNc1ccccc1)C(F)(F)F. The van der Waals surface area contributed by atoms with Gasteiger partial charge in [-0.15, -0.1) is 5.59 Å². The Hall–Kier alpha value is -1.50. The molecular formula is C9H8F5N2O4S-. The highest BCUT2D eigenvalue weighted by molar-refractivity contribution is 7.86. The van der Waals surface area contributed by atoms with Gasteiger partial charge in [-0.1, -0.05) is 18.2 Å². The van der Waals surface area contributed by atoms with Gasteiger partial charge in [-0.3, -0.25) is 10.3 Å². The third kappa shape index (κ3) is 4.49. The summed E-state index contributed by atoms with van der Waals surface area (Å²) in [5.74, 6) is 0. The van der Waals surface area contributed by atoms with E-state index in [2.05, 4.69) is 4.84 Å². The fourth-order valence-electron chi connectivity index (χ4n) is 1.13. The van der Waals surface area contributed by atoms with Gasteiger partial charge in [0.1, 0.15) is 0 Å². The molecule has 12 heteroatoms. The van der Waals surface area contributed by atoms with Crippen LogP contribution in [0.2, 0.25) is 0 Å². The minimum absolute atomic E-state index is 0.145. The molecule has 1 unspecified atom stereocenters. The number of rotatable bonds is 6. The van der Waals surface area contributed by atoms with Gasteiger partial charge in [0.05, 0.1) is 5.69 Å². The molecule has 6 nitrogen and oxygen atoms in total. The molecule has 21 heavy (non-hydrogen) atoms. The number of hydrogen-bond donors (Lipinski definition) is 2. The van der Waals surface area contributed by atoms with Crippen molar-refractivity contribution < 1.29 is 39.8 Å². The lowest BCUT2D eigenvalue weighted by atomic mass is 10.3. The maximum absolute atomic E-state index is 13.0. The van der Waals surface area contributed by atoms with Crippen molar-refractivity contribution in [3.05, 3.63) is 30.3 Å². The van der Waals surface area contributed by atoms with Crippen LogP contribution in [-0.2, 0) is 15.0 Å². The number of nitrogens with one attached hydrogen (secondary N) is 2. The van der Waals surface area contributed by atoms with Gasteiger partial charge in [0.25, 0.3) is 6.10 Å². The summed E-state index contributed by atoms with van der Waals surface area (Å²) in [5.41, 5.74) is 3.45. The Bertz CT molecular complexity index is 563. The van der Waals surface area contributed by atoms with Crippen molar-refractivity contribution >= 4 is 15.8 Å². The van der Waals surface area contributed by atoms with E-state index < -0.39 is 27.7 Å². The number of alkyl halides is 5. The molecule has 0 aliphatic heterocycles. The highest BCUT2D eigenvalue weighted by Crippen LogP contribution is 2.37. The molecule has 0 saturated carbocycles. The van der Waals surface area contributed by atoms with E-state index in [1.54, 1.807) is 6.07 Å². The number of hydrogen-bond acceptors (Lipinski definition) is 6. The molecule has 120 valence electrons. The minimum atomic E-state index is -6.58. The van der Waals surface area contributed by atoms with Crippen LogP contribution < -0.4 is 11.0 Å². The summed E-state index contributed by atoms with van der Waals surface area (Å²) in [5, 5.41) is -5.70. The molecule has 2 N–H and O–H groups in total. The second-order valence-electron chi connectivity index (χ2n) is 3.65. The van der Waals surface area contributed by atoms with Gasteiger partial charge in [-0.05, 0) is 12.1 Å². The lowest BCUT2D eigenvalue weighted by Crippen LogP contribution is -2.54. The predicted octanol–water partition coefficient (Wildman–Crippen LogP) is 1.60.